The third kappa shape index (κ3) is 4.20. The van der Waals surface area contributed by atoms with Crippen LogP contribution in [-0.2, 0) is 4.79 Å². The van der Waals surface area contributed by atoms with Gasteiger partial charge in [0.25, 0.3) is 0 Å². The Labute approximate surface area is 118 Å². The van der Waals surface area contributed by atoms with Crippen molar-refractivity contribution in [1.29, 1.82) is 0 Å². The average molecular weight is 266 g/mol. The summed E-state index contributed by atoms with van der Waals surface area (Å²) in [6, 6.07) is 0.457. The topological polar surface area (TPSA) is 32.3 Å². The third-order valence-corrected chi connectivity index (χ3v) is 4.84. The first-order valence-corrected chi connectivity index (χ1v) is 8.23. The maximum Gasteiger partial charge on any atom is 0.225 e. The number of amides is 1. The third-order valence-electron chi connectivity index (χ3n) is 4.84. The summed E-state index contributed by atoms with van der Waals surface area (Å²) < 4.78 is 0. The van der Waals surface area contributed by atoms with Crippen molar-refractivity contribution in [3.05, 3.63) is 0 Å². The first kappa shape index (κ1) is 14.8. The maximum absolute atomic E-state index is 12.5. The smallest absolute Gasteiger partial charge is 0.225 e. The summed E-state index contributed by atoms with van der Waals surface area (Å²) in [4.78, 5) is 14.6. The molecule has 0 spiro atoms. The highest BCUT2D eigenvalue weighted by Crippen LogP contribution is 2.33. The van der Waals surface area contributed by atoms with E-state index in [9.17, 15) is 4.79 Å². The van der Waals surface area contributed by atoms with E-state index >= 15 is 0 Å². The predicted octanol–water partition coefficient (Wildman–Crippen LogP) is 2.80. The molecule has 0 aromatic rings. The Morgan fingerprint density at radius 2 is 2.00 bits per heavy atom. The first-order valence-electron chi connectivity index (χ1n) is 8.23. The van der Waals surface area contributed by atoms with E-state index in [1.54, 1.807) is 0 Å². The molecule has 1 aliphatic heterocycles. The molecule has 1 saturated heterocycles. The molecule has 1 heterocycles. The molecule has 3 heteroatoms. The van der Waals surface area contributed by atoms with Crippen LogP contribution < -0.4 is 5.32 Å². The van der Waals surface area contributed by atoms with Crippen LogP contribution >= 0.6 is 0 Å². The Hall–Kier alpha value is -0.570. The number of nitrogens with one attached hydrogen (secondary N) is 1. The Bertz CT molecular complexity index is 284. The Morgan fingerprint density at radius 3 is 2.63 bits per heavy atom. The summed E-state index contributed by atoms with van der Waals surface area (Å²) in [6.45, 7) is 7.19. The first-order chi connectivity index (χ1) is 9.20. The van der Waals surface area contributed by atoms with Crippen LogP contribution in [0.25, 0.3) is 0 Å². The molecule has 2 fully saturated rings. The van der Waals surface area contributed by atoms with Gasteiger partial charge in [-0.15, -0.1) is 0 Å². The van der Waals surface area contributed by atoms with E-state index < -0.39 is 0 Å². The number of rotatable bonds is 4. The van der Waals surface area contributed by atoms with Gasteiger partial charge in [-0.25, -0.2) is 0 Å². The molecule has 0 aromatic heterocycles. The van der Waals surface area contributed by atoms with Gasteiger partial charge in [-0.2, -0.15) is 0 Å². The van der Waals surface area contributed by atoms with E-state index in [4.69, 9.17) is 0 Å². The lowest BCUT2D eigenvalue weighted by atomic mass is 9.79. The van der Waals surface area contributed by atoms with Gasteiger partial charge in [-0.1, -0.05) is 26.2 Å². The fraction of sp³-hybridized carbons (Fsp3) is 0.938. The highest BCUT2D eigenvalue weighted by atomic mass is 16.2. The molecule has 2 rings (SSSR count). The highest BCUT2D eigenvalue weighted by Gasteiger charge is 2.30. The Balaban J connectivity index is 1.75. The van der Waals surface area contributed by atoms with Crippen LogP contribution in [0.5, 0.6) is 0 Å². The van der Waals surface area contributed by atoms with Gasteiger partial charge in [0.1, 0.15) is 0 Å². The zero-order valence-electron chi connectivity index (χ0n) is 12.7. The summed E-state index contributed by atoms with van der Waals surface area (Å²) in [6.07, 6.45) is 8.85. The summed E-state index contributed by atoms with van der Waals surface area (Å²) in [5.41, 5.74) is 0. The van der Waals surface area contributed by atoms with Gasteiger partial charge in [0.2, 0.25) is 5.91 Å². The minimum atomic E-state index is 0.322. The van der Waals surface area contributed by atoms with Crippen molar-refractivity contribution in [3.8, 4) is 0 Å². The van der Waals surface area contributed by atoms with Crippen LogP contribution in [-0.4, -0.2) is 36.5 Å². The molecule has 0 bridgehead atoms. The molecule has 110 valence electrons. The molecule has 1 atom stereocenters. The van der Waals surface area contributed by atoms with E-state index in [-0.39, 0.29) is 0 Å². The van der Waals surface area contributed by atoms with E-state index in [2.05, 4.69) is 24.1 Å². The number of hydrogen-bond acceptors (Lipinski definition) is 2. The zero-order valence-corrected chi connectivity index (χ0v) is 12.7. The summed E-state index contributed by atoms with van der Waals surface area (Å²) in [5, 5.41) is 3.41. The molecule has 1 N–H and O–H groups in total. The molecule has 19 heavy (non-hydrogen) atoms. The van der Waals surface area contributed by atoms with Crippen LogP contribution in [0.15, 0.2) is 0 Å². The fourth-order valence-corrected chi connectivity index (χ4v) is 3.58. The maximum atomic E-state index is 12.5. The van der Waals surface area contributed by atoms with Gasteiger partial charge in [-0.05, 0) is 38.5 Å². The van der Waals surface area contributed by atoms with Crippen LogP contribution in [0.2, 0.25) is 0 Å². The molecular weight excluding hydrogens is 236 g/mol. The second-order valence-electron chi connectivity index (χ2n) is 6.50. The normalized spacial score (nSPS) is 32.3. The van der Waals surface area contributed by atoms with Gasteiger partial charge in [0, 0.05) is 31.6 Å². The number of piperazine rings is 1. The van der Waals surface area contributed by atoms with Gasteiger partial charge in [0.15, 0.2) is 0 Å². The highest BCUT2D eigenvalue weighted by molar-refractivity contribution is 5.79. The van der Waals surface area contributed by atoms with Crippen molar-refractivity contribution < 1.29 is 4.79 Å². The minimum absolute atomic E-state index is 0.322. The minimum Gasteiger partial charge on any atom is -0.340 e. The van der Waals surface area contributed by atoms with E-state index in [1.807, 2.05) is 0 Å². The molecule has 1 saturated carbocycles. The Morgan fingerprint density at radius 1 is 1.26 bits per heavy atom. The summed E-state index contributed by atoms with van der Waals surface area (Å²) in [7, 11) is 0. The van der Waals surface area contributed by atoms with Gasteiger partial charge in [-0.3, -0.25) is 4.79 Å². The number of carbonyl (C=O) groups excluding carboxylic acids is 1. The van der Waals surface area contributed by atoms with Crippen molar-refractivity contribution in [2.45, 2.75) is 64.8 Å². The molecule has 0 radical (unpaired) electrons. The monoisotopic (exact) mass is 266 g/mol. The SMILES string of the molecule is CCCCC1CCC(C(=O)N2CCN[C@@H](C)C2)CC1. The van der Waals surface area contributed by atoms with Crippen molar-refractivity contribution in [2.75, 3.05) is 19.6 Å². The molecular formula is C16H30N2O. The molecule has 0 unspecified atom stereocenters. The number of unbranched alkanes of at least 4 members (excludes halogenated alkanes) is 1. The average Bonchev–Trinajstić information content (AvgIpc) is 2.45. The van der Waals surface area contributed by atoms with Crippen molar-refractivity contribution in [3.63, 3.8) is 0 Å². The van der Waals surface area contributed by atoms with Gasteiger partial charge < -0.3 is 10.2 Å². The lowest BCUT2D eigenvalue weighted by Crippen LogP contribution is -2.53. The van der Waals surface area contributed by atoms with E-state index in [0.29, 0.717) is 17.9 Å². The molecule has 3 nitrogen and oxygen atoms in total. The molecule has 0 aromatic carbocycles. The fourth-order valence-electron chi connectivity index (χ4n) is 3.58. The van der Waals surface area contributed by atoms with Gasteiger partial charge >= 0.3 is 0 Å². The quantitative estimate of drug-likeness (QED) is 0.848. The molecule has 1 amide bonds. The van der Waals surface area contributed by atoms with Gasteiger partial charge in [0.05, 0.1) is 0 Å². The van der Waals surface area contributed by atoms with Crippen LogP contribution in [0.4, 0.5) is 0 Å². The number of carbonyl (C=O) groups is 1. The van der Waals surface area contributed by atoms with E-state index in [1.165, 1.54) is 32.1 Å². The number of nitrogens with zero attached hydrogens (tertiary/aromatic N) is 1. The summed E-state index contributed by atoms with van der Waals surface area (Å²) >= 11 is 0. The lowest BCUT2D eigenvalue weighted by Gasteiger charge is -2.36. The molecule has 2 aliphatic rings. The van der Waals surface area contributed by atoms with E-state index in [0.717, 1.165) is 38.4 Å². The Kier molecular flexibility index (Phi) is 5.68. The van der Waals surface area contributed by atoms with Crippen LogP contribution in [0.1, 0.15) is 58.8 Å². The summed E-state index contributed by atoms with van der Waals surface area (Å²) in [5.74, 6) is 1.65. The zero-order chi connectivity index (χ0) is 13.7. The van der Waals surface area contributed by atoms with Crippen LogP contribution in [0, 0.1) is 11.8 Å². The largest absolute Gasteiger partial charge is 0.340 e. The van der Waals surface area contributed by atoms with Crippen molar-refractivity contribution >= 4 is 5.91 Å². The standard InChI is InChI=1S/C16H30N2O/c1-3-4-5-14-6-8-15(9-7-14)16(19)18-11-10-17-13(2)12-18/h13-15,17H,3-12H2,1-2H3/t13-,14?,15?/m0/s1. The second-order valence-corrected chi connectivity index (χ2v) is 6.50. The predicted molar refractivity (Wildman–Crippen MR) is 79.0 cm³/mol. The lowest BCUT2D eigenvalue weighted by molar-refractivity contribution is -0.138. The van der Waals surface area contributed by atoms with Crippen molar-refractivity contribution in [1.82, 2.24) is 10.2 Å². The second kappa shape index (κ2) is 7.28. The van der Waals surface area contributed by atoms with Crippen molar-refractivity contribution in [2.24, 2.45) is 11.8 Å². The number of hydrogen-bond donors (Lipinski definition) is 1. The molecule has 1 aliphatic carbocycles. The van der Waals surface area contributed by atoms with Crippen LogP contribution in [0.3, 0.4) is 0 Å².